The average molecular weight is 244 g/mol. The largest absolute Gasteiger partial charge is 0.489 e. The molecule has 1 aromatic rings. The highest BCUT2D eigenvalue weighted by molar-refractivity contribution is 5.85. The second-order valence-corrected chi connectivity index (χ2v) is 5.43. The van der Waals surface area contributed by atoms with Gasteiger partial charge in [-0.05, 0) is 62.2 Å². The number of ether oxygens (including phenoxy) is 1. The lowest BCUT2D eigenvalue weighted by atomic mass is 10.1. The van der Waals surface area contributed by atoms with Gasteiger partial charge in [0.05, 0.1) is 6.54 Å². The van der Waals surface area contributed by atoms with Crippen molar-refractivity contribution in [2.45, 2.75) is 32.4 Å². The van der Waals surface area contributed by atoms with Crippen LogP contribution in [0.3, 0.4) is 0 Å². The van der Waals surface area contributed by atoms with E-state index in [0.717, 1.165) is 25.3 Å². The molecule has 3 rings (SSSR count). The molecule has 0 aliphatic carbocycles. The van der Waals surface area contributed by atoms with Crippen molar-refractivity contribution in [2.24, 2.45) is 4.99 Å². The maximum atomic E-state index is 6.18. The molecule has 0 bridgehead atoms. The summed E-state index contributed by atoms with van der Waals surface area (Å²) in [7, 11) is 2.17. The van der Waals surface area contributed by atoms with Crippen molar-refractivity contribution in [3.63, 3.8) is 0 Å². The summed E-state index contributed by atoms with van der Waals surface area (Å²) in [4.78, 5) is 6.65. The summed E-state index contributed by atoms with van der Waals surface area (Å²) >= 11 is 0. The van der Waals surface area contributed by atoms with Crippen molar-refractivity contribution in [1.29, 1.82) is 0 Å². The summed E-state index contributed by atoms with van der Waals surface area (Å²) in [6, 6.07) is 4.36. The Morgan fingerprint density at radius 2 is 2.28 bits per heavy atom. The quantitative estimate of drug-likeness (QED) is 0.798. The molecule has 18 heavy (non-hydrogen) atoms. The topological polar surface area (TPSA) is 24.8 Å². The third kappa shape index (κ3) is 2.27. The fourth-order valence-electron chi connectivity index (χ4n) is 2.77. The number of likely N-dealkylation sites (tertiary alicyclic amines) is 1. The van der Waals surface area contributed by atoms with E-state index in [0.29, 0.717) is 6.10 Å². The van der Waals surface area contributed by atoms with Gasteiger partial charge in [-0.2, -0.15) is 0 Å². The predicted molar refractivity (Wildman–Crippen MR) is 73.6 cm³/mol. The van der Waals surface area contributed by atoms with Crippen molar-refractivity contribution in [1.82, 2.24) is 4.90 Å². The lowest BCUT2D eigenvalue weighted by molar-refractivity contribution is 0.103. The monoisotopic (exact) mass is 244 g/mol. The Morgan fingerprint density at radius 3 is 3.11 bits per heavy atom. The first-order valence-electron chi connectivity index (χ1n) is 6.71. The molecule has 1 saturated heterocycles. The summed E-state index contributed by atoms with van der Waals surface area (Å²) in [5.74, 6) is 1.04. The van der Waals surface area contributed by atoms with Crippen LogP contribution >= 0.6 is 0 Å². The fraction of sp³-hybridized carbons (Fsp3) is 0.533. The zero-order valence-corrected chi connectivity index (χ0v) is 11.1. The number of fused-ring (bicyclic) bond motifs is 1. The normalized spacial score (nSPS) is 23.1. The Labute approximate surface area is 108 Å². The van der Waals surface area contributed by atoms with Crippen LogP contribution in [0.25, 0.3) is 0 Å². The molecule has 0 unspecified atom stereocenters. The van der Waals surface area contributed by atoms with Gasteiger partial charge in [0.2, 0.25) is 0 Å². The molecule has 0 saturated carbocycles. The predicted octanol–water partition coefficient (Wildman–Crippen LogP) is 2.40. The number of aryl methyl sites for hydroxylation is 1. The Morgan fingerprint density at radius 1 is 1.39 bits per heavy atom. The van der Waals surface area contributed by atoms with Crippen LogP contribution in [0.5, 0.6) is 5.75 Å². The second kappa shape index (κ2) is 4.73. The number of benzene rings is 1. The number of hydrogen-bond acceptors (Lipinski definition) is 3. The lowest BCUT2D eigenvalue weighted by Gasteiger charge is -2.30. The van der Waals surface area contributed by atoms with Crippen LogP contribution in [-0.2, 0) is 6.54 Å². The maximum Gasteiger partial charge on any atom is 0.123 e. The third-order valence-corrected chi connectivity index (χ3v) is 3.80. The van der Waals surface area contributed by atoms with Crippen LogP contribution < -0.4 is 4.74 Å². The number of aliphatic imine (C=N–C) groups is 1. The highest BCUT2D eigenvalue weighted by Crippen LogP contribution is 2.27. The van der Waals surface area contributed by atoms with Gasteiger partial charge in [0.15, 0.2) is 0 Å². The summed E-state index contributed by atoms with van der Waals surface area (Å²) in [5.41, 5.74) is 3.76. The standard InChI is InChI=1S/C15H20N2O/c1-11-6-12-8-16-9-13(12)7-15(11)18-14-4-3-5-17(2)10-14/h6-8,14H,3-5,9-10H2,1-2H3/t14-/m0/s1. The minimum absolute atomic E-state index is 0.336. The van der Waals surface area contributed by atoms with Crippen molar-refractivity contribution >= 4 is 6.21 Å². The van der Waals surface area contributed by atoms with Gasteiger partial charge in [-0.25, -0.2) is 0 Å². The van der Waals surface area contributed by atoms with Crippen molar-refractivity contribution in [2.75, 3.05) is 20.1 Å². The first-order valence-corrected chi connectivity index (χ1v) is 6.71. The number of hydrogen-bond donors (Lipinski definition) is 0. The van der Waals surface area contributed by atoms with E-state index in [1.54, 1.807) is 0 Å². The Bertz CT molecular complexity index is 482. The molecule has 0 aromatic heterocycles. The first-order chi connectivity index (χ1) is 8.72. The molecule has 1 atom stereocenters. The number of rotatable bonds is 2. The molecular formula is C15H20N2O. The molecule has 96 valence electrons. The van der Waals surface area contributed by atoms with Gasteiger partial charge < -0.3 is 9.64 Å². The van der Waals surface area contributed by atoms with E-state index in [1.165, 1.54) is 29.7 Å². The molecule has 1 fully saturated rings. The smallest absolute Gasteiger partial charge is 0.123 e. The Balaban J connectivity index is 1.77. The molecule has 0 amide bonds. The van der Waals surface area contributed by atoms with Gasteiger partial charge in [-0.15, -0.1) is 0 Å². The zero-order chi connectivity index (χ0) is 12.5. The minimum Gasteiger partial charge on any atom is -0.489 e. The molecule has 3 heteroatoms. The van der Waals surface area contributed by atoms with Crippen LogP contribution in [0, 0.1) is 6.92 Å². The van der Waals surface area contributed by atoms with Crippen LogP contribution in [0.15, 0.2) is 17.1 Å². The molecule has 0 N–H and O–H groups in total. The summed E-state index contributed by atoms with van der Waals surface area (Å²) < 4.78 is 6.18. The molecular weight excluding hydrogens is 224 g/mol. The van der Waals surface area contributed by atoms with Gasteiger partial charge in [0, 0.05) is 12.8 Å². The summed E-state index contributed by atoms with van der Waals surface area (Å²) in [6.45, 7) is 5.15. The van der Waals surface area contributed by atoms with Crippen LogP contribution in [0.1, 0.15) is 29.5 Å². The van der Waals surface area contributed by atoms with Gasteiger partial charge in [0.1, 0.15) is 11.9 Å². The van der Waals surface area contributed by atoms with Crippen molar-refractivity contribution < 1.29 is 4.74 Å². The molecule has 2 aliphatic heterocycles. The summed E-state index contributed by atoms with van der Waals surface area (Å²) in [5, 5.41) is 0. The average Bonchev–Trinajstić information content (AvgIpc) is 2.76. The van der Waals surface area contributed by atoms with Gasteiger partial charge in [-0.1, -0.05) is 0 Å². The van der Waals surface area contributed by atoms with E-state index in [9.17, 15) is 0 Å². The SMILES string of the molecule is Cc1cc2c(cc1O[C@H]1CCCN(C)C1)CN=C2. The van der Waals surface area contributed by atoms with Crippen LogP contribution in [0.2, 0.25) is 0 Å². The maximum absolute atomic E-state index is 6.18. The minimum atomic E-state index is 0.336. The van der Waals surface area contributed by atoms with E-state index >= 15 is 0 Å². The molecule has 2 aliphatic rings. The Hall–Kier alpha value is -1.35. The molecule has 2 heterocycles. The van der Waals surface area contributed by atoms with Gasteiger partial charge >= 0.3 is 0 Å². The zero-order valence-electron chi connectivity index (χ0n) is 11.1. The molecule has 0 spiro atoms. The first kappa shape index (κ1) is 11.7. The summed E-state index contributed by atoms with van der Waals surface area (Å²) in [6.07, 6.45) is 4.69. The van der Waals surface area contributed by atoms with Gasteiger partial charge in [-0.3, -0.25) is 4.99 Å². The Kier molecular flexibility index (Phi) is 3.08. The van der Waals surface area contributed by atoms with Crippen LogP contribution in [0.4, 0.5) is 0 Å². The molecule has 3 nitrogen and oxygen atoms in total. The van der Waals surface area contributed by atoms with Crippen molar-refractivity contribution in [3.8, 4) is 5.75 Å². The molecule has 0 radical (unpaired) electrons. The highest BCUT2D eigenvalue weighted by atomic mass is 16.5. The van der Waals surface area contributed by atoms with Gasteiger partial charge in [0.25, 0.3) is 0 Å². The van der Waals surface area contributed by atoms with Crippen LogP contribution in [-0.4, -0.2) is 37.4 Å². The van der Waals surface area contributed by atoms with E-state index in [2.05, 4.69) is 36.0 Å². The van der Waals surface area contributed by atoms with E-state index < -0.39 is 0 Å². The van der Waals surface area contributed by atoms with E-state index in [1.807, 2.05) is 6.21 Å². The van der Waals surface area contributed by atoms with E-state index in [-0.39, 0.29) is 0 Å². The third-order valence-electron chi connectivity index (χ3n) is 3.80. The molecule has 1 aromatic carbocycles. The number of likely N-dealkylation sites (N-methyl/N-ethyl adjacent to an activating group) is 1. The lowest BCUT2D eigenvalue weighted by Crippen LogP contribution is -2.38. The number of piperidine rings is 1. The number of nitrogens with zero attached hydrogens (tertiary/aromatic N) is 2. The second-order valence-electron chi connectivity index (χ2n) is 5.43. The van der Waals surface area contributed by atoms with Crippen molar-refractivity contribution in [3.05, 3.63) is 28.8 Å². The van der Waals surface area contributed by atoms with E-state index in [4.69, 9.17) is 4.74 Å². The highest BCUT2D eigenvalue weighted by Gasteiger charge is 2.20. The fourth-order valence-corrected chi connectivity index (χ4v) is 2.77.